The van der Waals surface area contributed by atoms with Gasteiger partial charge in [0.25, 0.3) is 5.91 Å². The van der Waals surface area contributed by atoms with Gasteiger partial charge in [-0.3, -0.25) is 14.5 Å². The molecular weight excluding hydrogens is 228 g/mol. The molecule has 1 aliphatic heterocycles. The van der Waals surface area contributed by atoms with Crippen LogP contribution in [0.15, 0.2) is 18.2 Å². The van der Waals surface area contributed by atoms with Gasteiger partial charge >= 0.3 is 0 Å². The topological polar surface area (TPSA) is 37.4 Å². The highest BCUT2D eigenvalue weighted by Gasteiger charge is 2.33. The maximum absolute atomic E-state index is 13.4. The molecule has 1 unspecified atom stereocenters. The Morgan fingerprint density at radius 2 is 2.12 bits per heavy atom. The van der Waals surface area contributed by atoms with E-state index in [1.165, 1.54) is 12.1 Å². The molecule has 0 N–H and O–H groups in total. The number of hydrogen-bond donors (Lipinski definition) is 0. The van der Waals surface area contributed by atoms with Crippen molar-refractivity contribution in [2.45, 2.75) is 13.3 Å². The molecule has 1 heterocycles. The fourth-order valence-corrected chi connectivity index (χ4v) is 1.90. The SMILES string of the molecule is CC1CC(=O)N(C(=O)c2cccc(F)c2F)C1. The summed E-state index contributed by atoms with van der Waals surface area (Å²) in [6.07, 6.45) is 0.267. The third-order valence-electron chi connectivity index (χ3n) is 2.75. The molecule has 5 heteroatoms. The van der Waals surface area contributed by atoms with Crippen LogP contribution in [0.25, 0.3) is 0 Å². The zero-order chi connectivity index (χ0) is 12.6. The molecular formula is C12H11F2NO2. The van der Waals surface area contributed by atoms with E-state index in [0.29, 0.717) is 0 Å². The lowest BCUT2D eigenvalue weighted by Gasteiger charge is -2.14. The van der Waals surface area contributed by atoms with Gasteiger partial charge in [-0.25, -0.2) is 8.78 Å². The van der Waals surface area contributed by atoms with E-state index in [1.54, 1.807) is 0 Å². The van der Waals surface area contributed by atoms with Crippen LogP contribution < -0.4 is 0 Å². The van der Waals surface area contributed by atoms with Gasteiger partial charge in [-0.05, 0) is 18.1 Å². The van der Waals surface area contributed by atoms with Crippen molar-refractivity contribution in [3.05, 3.63) is 35.4 Å². The van der Waals surface area contributed by atoms with Crippen molar-refractivity contribution in [1.29, 1.82) is 0 Å². The van der Waals surface area contributed by atoms with E-state index in [-0.39, 0.29) is 24.8 Å². The fraction of sp³-hybridized carbons (Fsp3) is 0.333. The van der Waals surface area contributed by atoms with Crippen molar-refractivity contribution >= 4 is 11.8 Å². The highest BCUT2D eigenvalue weighted by Crippen LogP contribution is 2.21. The quantitative estimate of drug-likeness (QED) is 0.703. The van der Waals surface area contributed by atoms with Crippen LogP contribution in [0.1, 0.15) is 23.7 Å². The van der Waals surface area contributed by atoms with Gasteiger partial charge in [0.15, 0.2) is 11.6 Å². The predicted molar refractivity (Wildman–Crippen MR) is 56.2 cm³/mol. The Labute approximate surface area is 97.0 Å². The number of halogens is 2. The van der Waals surface area contributed by atoms with E-state index in [2.05, 4.69) is 0 Å². The molecule has 2 amide bonds. The Kier molecular flexibility index (Phi) is 2.92. The van der Waals surface area contributed by atoms with E-state index in [4.69, 9.17) is 0 Å². The van der Waals surface area contributed by atoms with Gasteiger partial charge in [0.2, 0.25) is 5.91 Å². The highest BCUT2D eigenvalue weighted by molar-refractivity contribution is 6.05. The molecule has 1 aliphatic rings. The van der Waals surface area contributed by atoms with E-state index in [9.17, 15) is 18.4 Å². The summed E-state index contributed by atoms with van der Waals surface area (Å²) in [5, 5.41) is 0. The molecule has 0 radical (unpaired) electrons. The number of nitrogens with zero attached hydrogens (tertiary/aromatic N) is 1. The van der Waals surface area contributed by atoms with Gasteiger partial charge in [0.05, 0.1) is 5.56 Å². The summed E-state index contributed by atoms with van der Waals surface area (Å²) in [5.74, 6) is -3.34. The summed E-state index contributed by atoms with van der Waals surface area (Å²) >= 11 is 0. The predicted octanol–water partition coefficient (Wildman–Crippen LogP) is 1.97. The summed E-state index contributed by atoms with van der Waals surface area (Å²) in [5.41, 5.74) is -0.396. The second-order valence-corrected chi connectivity index (χ2v) is 4.22. The van der Waals surface area contributed by atoms with E-state index in [0.717, 1.165) is 11.0 Å². The Bertz CT molecular complexity index is 487. The van der Waals surface area contributed by atoms with Gasteiger partial charge in [-0.15, -0.1) is 0 Å². The fourth-order valence-electron chi connectivity index (χ4n) is 1.90. The summed E-state index contributed by atoms with van der Waals surface area (Å²) < 4.78 is 26.4. The monoisotopic (exact) mass is 239 g/mol. The summed E-state index contributed by atoms with van der Waals surface area (Å²) in [7, 11) is 0. The van der Waals surface area contributed by atoms with E-state index >= 15 is 0 Å². The molecule has 0 spiro atoms. The minimum Gasteiger partial charge on any atom is -0.278 e. The van der Waals surface area contributed by atoms with Gasteiger partial charge < -0.3 is 0 Å². The van der Waals surface area contributed by atoms with Crippen LogP contribution in [0.3, 0.4) is 0 Å². The van der Waals surface area contributed by atoms with Crippen LogP contribution in [0, 0.1) is 17.6 Å². The molecule has 2 rings (SSSR count). The molecule has 3 nitrogen and oxygen atoms in total. The first-order valence-electron chi connectivity index (χ1n) is 5.29. The number of carbonyl (C=O) groups is 2. The van der Waals surface area contributed by atoms with Gasteiger partial charge in [0, 0.05) is 13.0 Å². The first-order chi connectivity index (χ1) is 8.00. The van der Waals surface area contributed by atoms with E-state index < -0.39 is 23.1 Å². The third kappa shape index (κ3) is 2.05. The van der Waals surface area contributed by atoms with Crippen molar-refractivity contribution in [2.75, 3.05) is 6.54 Å². The molecule has 90 valence electrons. The molecule has 1 aromatic rings. The Hall–Kier alpha value is -1.78. The number of rotatable bonds is 1. The van der Waals surface area contributed by atoms with Crippen LogP contribution >= 0.6 is 0 Å². The molecule has 0 aromatic heterocycles. The Morgan fingerprint density at radius 1 is 1.41 bits per heavy atom. The number of imide groups is 1. The second-order valence-electron chi connectivity index (χ2n) is 4.22. The highest BCUT2D eigenvalue weighted by atomic mass is 19.2. The number of amides is 2. The number of hydrogen-bond acceptors (Lipinski definition) is 2. The lowest BCUT2D eigenvalue weighted by Crippen LogP contribution is -2.33. The third-order valence-corrected chi connectivity index (χ3v) is 2.75. The average molecular weight is 239 g/mol. The van der Waals surface area contributed by atoms with Crippen molar-refractivity contribution < 1.29 is 18.4 Å². The number of benzene rings is 1. The molecule has 1 fully saturated rings. The zero-order valence-electron chi connectivity index (χ0n) is 9.24. The van der Waals surface area contributed by atoms with Gasteiger partial charge in [0.1, 0.15) is 0 Å². The van der Waals surface area contributed by atoms with Crippen molar-refractivity contribution in [2.24, 2.45) is 5.92 Å². The van der Waals surface area contributed by atoms with Gasteiger partial charge in [-0.2, -0.15) is 0 Å². The average Bonchev–Trinajstić information content (AvgIpc) is 2.61. The van der Waals surface area contributed by atoms with Crippen LogP contribution in [0.2, 0.25) is 0 Å². The van der Waals surface area contributed by atoms with Crippen LogP contribution in [0.5, 0.6) is 0 Å². The minimum atomic E-state index is -1.20. The Morgan fingerprint density at radius 3 is 2.71 bits per heavy atom. The maximum atomic E-state index is 13.4. The summed E-state index contributed by atoms with van der Waals surface area (Å²) in [4.78, 5) is 24.3. The van der Waals surface area contributed by atoms with E-state index in [1.807, 2.05) is 6.92 Å². The summed E-state index contributed by atoms with van der Waals surface area (Å²) in [6.45, 7) is 2.08. The van der Waals surface area contributed by atoms with Crippen molar-refractivity contribution in [3.63, 3.8) is 0 Å². The zero-order valence-corrected chi connectivity index (χ0v) is 9.24. The first kappa shape index (κ1) is 11.7. The largest absolute Gasteiger partial charge is 0.278 e. The smallest absolute Gasteiger partial charge is 0.263 e. The van der Waals surface area contributed by atoms with Crippen molar-refractivity contribution in [1.82, 2.24) is 4.90 Å². The minimum absolute atomic E-state index is 0.0584. The maximum Gasteiger partial charge on any atom is 0.263 e. The molecule has 17 heavy (non-hydrogen) atoms. The molecule has 0 saturated carbocycles. The van der Waals surface area contributed by atoms with Crippen molar-refractivity contribution in [3.8, 4) is 0 Å². The first-order valence-corrected chi connectivity index (χ1v) is 5.29. The molecule has 1 aromatic carbocycles. The van der Waals surface area contributed by atoms with Crippen LogP contribution in [-0.4, -0.2) is 23.3 Å². The van der Waals surface area contributed by atoms with Gasteiger partial charge in [-0.1, -0.05) is 13.0 Å². The second kappa shape index (κ2) is 4.24. The Balaban J connectivity index is 2.32. The normalized spacial score (nSPS) is 19.8. The molecule has 1 atom stereocenters. The standard InChI is InChI=1S/C12H11F2NO2/c1-7-5-10(16)15(6-7)12(17)8-3-2-4-9(13)11(8)14/h2-4,7H,5-6H2,1H3. The molecule has 0 aliphatic carbocycles. The number of carbonyl (C=O) groups excluding carboxylic acids is 2. The lowest BCUT2D eigenvalue weighted by molar-refractivity contribution is -0.125. The molecule has 1 saturated heterocycles. The molecule has 0 bridgehead atoms. The number of likely N-dealkylation sites (tertiary alicyclic amines) is 1. The van der Waals surface area contributed by atoms with Crippen LogP contribution in [0.4, 0.5) is 8.78 Å². The lowest BCUT2D eigenvalue weighted by atomic mass is 10.1. The summed E-state index contributed by atoms with van der Waals surface area (Å²) in [6, 6.07) is 3.35. The van der Waals surface area contributed by atoms with Crippen LogP contribution in [-0.2, 0) is 4.79 Å².